The van der Waals surface area contributed by atoms with Gasteiger partial charge in [0.05, 0.1) is 22.1 Å². The molecule has 0 spiro atoms. The number of nitrogens with one attached hydrogen (secondary N) is 1. The lowest BCUT2D eigenvalue weighted by Gasteiger charge is -2.09. The summed E-state index contributed by atoms with van der Waals surface area (Å²) in [5.74, 6) is 1.00. The first kappa shape index (κ1) is 21.8. The SMILES string of the molecule is CC(=O)c1ccc(-c2ccc(OCCNC(=O)/C=C/c3c(C)noc3C)c(Cl)c2)s1. The van der Waals surface area contributed by atoms with E-state index in [2.05, 4.69) is 10.5 Å². The van der Waals surface area contributed by atoms with Crippen LogP contribution in [-0.4, -0.2) is 30.0 Å². The number of ether oxygens (including phenoxy) is 1. The number of thiophene rings is 1. The fourth-order valence-electron chi connectivity index (χ4n) is 2.73. The van der Waals surface area contributed by atoms with E-state index in [-0.39, 0.29) is 18.3 Å². The number of carbonyl (C=O) groups excluding carboxylic acids is 2. The van der Waals surface area contributed by atoms with Crippen molar-refractivity contribution in [1.29, 1.82) is 0 Å². The number of aromatic nitrogens is 1. The number of hydrogen-bond acceptors (Lipinski definition) is 6. The zero-order chi connectivity index (χ0) is 21.7. The second-order valence-corrected chi connectivity index (χ2v) is 8.07. The molecule has 8 heteroatoms. The minimum absolute atomic E-state index is 0.0425. The van der Waals surface area contributed by atoms with Gasteiger partial charge in [0.15, 0.2) is 5.78 Å². The second-order valence-electron chi connectivity index (χ2n) is 6.58. The van der Waals surface area contributed by atoms with Crippen LogP contribution in [0.2, 0.25) is 5.02 Å². The van der Waals surface area contributed by atoms with Gasteiger partial charge < -0.3 is 14.6 Å². The summed E-state index contributed by atoms with van der Waals surface area (Å²) in [5, 5.41) is 7.06. The number of benzene rings is 1. The summed E-state index contributed by atoms with van der Waals surface area (Å²) in [6.45, 7) is 5.76. The van der Waals surface area contributed by atoms with Crippen LogP contribution in [0.5, 0.6) is 5.75 Å². The van der Waals surface area contributed by atoms with E-state index >= 15 is 0 Å². The van der Waals surface area contributed by atoms with Gasteiger partial charge in [0.2, 0.25) is 5.91 Å². The molecule has 0 aliphatic rings. The number of amides is 1. The molecule has 1 N–H and O–H groups in total. The first-order valence-corrected chi connectivity index (χ1v) is 10.5. The Labute approximate surface area is 183 Å². The lowest BCUT2D eigenvalue weighted by Crippen LogP contribution is -2.26. The molecule has 0 unspecified atom stereocenters. The van der Waals surface area contributed by atoms with E-state index < -0.39 is 0 Å². The molecule has 0 aliphatic carbocycles. The molecule has 3 aromatic rings. The molecular weight excluding hydrogens is 424 g/mol. The number of carbonyl (C=O) groups is 2. The zero-order valence-electron chi connectivity index (χ0n) is 16.8. The lowest BCUT2D eigenvalue weighted by molar-refractivity contribution is -0.116. The van der Waals surface area contributed by atoms with Gasteiger partial charge in [0.25, 0.3) is 0 Å². The molecule has 3 rings (SSSR count). The molecule has 30 heavy (non-hydrogen) atoms. The molecule has 0 bridgehead atoms. The van der Waals surface area contributed by atoms with Gasteiger partial charge in [-0.3, -0.25) is 9.59 Å². The van der Waals surface area contributed by atoms with E-state index in [0.29, 0.717) is 28.0 Å². The molecule has 0 fully saturated rings. The Kier molecular flexibility index (Phi) is 7.07. The maximum atomic E-state index is 11.9. The quantitative estimate of drug-likeness (QED) is 0.297. The van der Waals surface area contributed by atoms with Gasteiger partial charge >= 0.3 is 0 Å². The van der Waals surface area contributed by atoms with Crippen molar-refractivity contribution in [1.82, 2.24) is 10.5 Å². The van der Waals surface area contributed by atoms with Crippen molar-refractivity contribution in [3.05, 3.63) is 63.3 Å². The predicted molar refractivity (Wildman–Crippen MR) is 118 cm³/mol. The Morgan fingerprint density at radius 1 is 1.27 bits per heavy atom. The van der Waals surface area contributed by atoms with Crippen LogP contribution in [0.3, 0.4) is 0 Å². The van der Waals surface area contributed by atoms with E-state index in [1.165, 1.54) is 17.4 Å². The van der Waals surface area contributed by atoms with E-state index in [4.69, 9.17) is 20.9 Å². The van der Waals surface area contributed by atoms with Crippen LogP contribution >= 0.6 is 22.9 Å². The molecule has 0 atom stereocenters. The molecular formula is C22H21ClN2O4S. The number of aryl methyl sites for hydroxylation is 2. The first-order valence-electron chi connectivity index (χ1n) is 9.27. The van der Waals surface area contributed by atoms with E-state index in [9.17, 15) is 9.59 Å². The van der Waals surface area contributed by atoms with Gasteiger partial charge in [-0.15, -0.1) is 11.3 Å². The summed E-state index contributed by atoms with van der Waals surface area (Å²) < 4.78 is 10.7. The Morgan fingerprint density at radius 2 is 2.07 bits per heavy atom. The molecule has 0 saturated heterocycles. The third kappa shape index (κ3) is 5.37. The highest BCUT2D eigenvalue weighted by molar-refractivity contribution is 7.17. The maximum Gasteiger partial charge on any atom is 0.244 e. The average molecular weight is 445 g/mol. The lowest BCUT2D eigenvalue weighted by atomic mass is 10.2. The van der Waals surface area contributed by atoms with Gasteiger partial charge in [0.1, 0.15) is 18.1 Å². The van der Waals surface area contributed by atoms with Crippen LogP contribution in [0.15, 0.2) is 40.9 Å². The minimum atomic E-state index is -0.237. The topological polar surface area (TPSA) is 81.4 Å². The Hall–Kier alpha value is -2.90. The molecule has 1 amide bonds. The summed E-state index contributed by atoms with van der Waals surface area (Å²) in [6.07, 6.45) is 3.11. The van der Waals surface area contributed by atoms with Crippen LogP contribution < -0.4 is 10.1 Å². The Morgan fingerprint density at radius 3 is 2.70 bits per heavy atom. The standard InChI is InChI=1S/C22H21ClN2O4S/c1-13-17(15(3)29-25-13)5-9-22(27)24-10-11-28-19-6-4-16(12-18(19)23)21-8-7-20(30-21)14(2)26/h4-9,12H,10-11H2,1-3H3,(H,24,27)/b9-5+. The summed E-state index contributed by atoms with van der Waals surface area (Å²) >= 11 is 7.75. The van der Waals surface area contributed by atoms with Crippen LogP contribution in [-0.2, 0) is 4.79 Å². The fourth-order valence-corrected chi connectivity index (χ4v) is 3.87. The van der Waals surface area contributed by atoms with Crippen LogP contribution in [0.4, 0.5) is 0 Å². The fraction of sp³-hybridized carbons (Fsp3) is 0.227. The maximum absolute atomic E-state index is 11.9. The third-order valence-corrected chi connectivity index (χ3v) is 5.85. The highest BCUT2D eigenvalue weighted by Gasteiger charge is 2.10. The highest BCUT2D eigenvalue weighted by Crippen LogP contribution is 2.34. The number of halogens is 1. The normalized spacial score (nSPS) is 11.1. The van der Waals surface area contributed by atoms with Crippen molar-refractivity contribution in [3.63, 3.8) is 0 Å². The number of hydrogen-bond donors (Lipinski definition) is 1. The Bertz CT molecular complexity index is 1080. The molecule has 0 saturated carbocycles. The van der Waals surface area contributed by atoms with E-state index in [1.54, 1.807) is 32.1 Å². The van der Waals surface area contributed by atoms with Crippen molar-refractivity contribution in [2.75, 3.05) is 13.2 Å². The number of ketones is 1. The molecule has 6 nitrogen and oxygen atoms in total. The molecule has 0 radical (unpaired) electrons. The van der Waals surface area contributed by atoms with Crippen molar-refractivity contribution >= 4 is 40.7 Å². The monoisotopic (exact) mass is 444 g/mol. The molecule has 2 heterocycles. The van der Waals surface area contributed by atoms with Gasteiger partial charge in [-0.05, 0) is 62.7 Å². The molecule has 0 aliphatic heterocycles. The first-order chi connectivity index (χ1) is 14.3. The van der Waals surface area contributed by atoms with E-state index in [0.717, 1.165) is 21.7 Å². The van der Waals surface area contributed by atoms with Crippen molar-refractivity contribution < 1.29 is 18.8 Å². The average Bonchev–Trinajstić information content (AvgIpc) is 3.32. The minimum Gasteiger partial charge on any atom is -0.490 e. The van der Waals surface area contributed by atoms with Gasteiger partial charge in [-0.25, -0.2) is 0 Å². The van der Waals surface area contributed by atoms with Crippen molar-refractivity contribution in [3.8, 4) is 16.2 Å². The van der Waals surface area contributed by atoms with Crippen molar-refractivity contribution in [2.24, 2.45) is 0 Å². The van der Waals surface area contributed by atoms with Gasteiger partial charge in [0, 0.05) is 16.5 Å². The number of nitrogens with zero attached hydrogens (tertiary/aromatic N) is 1. The molecule has 156 valence electrons. The predicted octanol–water partition coefficient (Wildman–Crippen LogP) is 5.08. The summed E-state index contributed by atoms with van der Waals surface area (Å²) in [5.41, 5.74) is 2.45. The second kappa shape index (κ2) is 9.73. The van der Waals surface area contributed by atoms with Gasteiger partial charge in [-0.2, -0.15) is 0 Å². The largest absolute Gasteiger partial charge is 0.490 e. The molecule has 2 aromatic heterocycles. The van der Waals surface area contributed by atoms with Gasteiger partial charge in [-0.1, -0.05) is 16.8 Å². The Balaban J connectivity index is 1.50. The highest BCUT2D eigenvalue weighted by atomic mass is 35.5. The van der Waals surface area contributed by atoms with Crippen LogP contribution in [0.1, 0.15) is 33.6 Å². The van der Waals surface area contributed by atoms with Crippen LogP contribution in [0.25, 0.3) is 16.5 Å². The summed E-state index contributed by atoms with van der Waals surface area (Å²) in [7, 11) is 0. The smallest absolute Gasteiger partial charge is 0.244 e. The van der Waals surface area contributed by atoms with E-state index in [1.807, 2.05) is 25.1 Å². The molecule has 1 aromatic carbocycles. The number of Topliss-reactive ketones (excluding diaryl/α,β-unsaturated/α-hetero) is 1. The zero-order valence-corrected chi connectivity index (χ0v) is 18.4. The number of rotatable bonds is 8. The third-order valence-electron chi connectivity index (χ3n) is 4.32. The summed E-state index contributed by atoms with van der Waals surface area (Å²) in [6, 6.07) is 9.19. The van der Waals surface area contributed by atoms with Crippen molar-refractivity contribution in [2.45, 2.75) is 20.8 Å². The van der Waals surface area contributed by atoms with Crippen LogP contribution in [0, 0.1) is 13.8 Å². The summed E-state index contributed by atoms with van der Waals surface area (Å²) in [4.78, 5) is 25.1.